The van der Waals surface area contributed by atoms with Gasteiger partial charge in [0.25, 0.3) is 0 Å². The van der Waals surface area contributed by atoms with Crippen molar-refractivity contribution in [3.8, 4) is 0 Å². The van der Waals surface area contributed by atoms with Crippen molar-refractivity contribution in [1.82, 2.24) is 0 Å². The summed E-state index contributed by atoms with van der Waals surface area (Å²) < 4.78 is 4.36. The van der Waals surface area contributed by atoms with E-state index < -0.39 is 24.0 Å². The van der Waals surface area contributed by atoms with Crippen molar-refractivity contribution < 1.29 is 24.5 Å². The molecule has 5 nitrogen and oxygen atoms in total. The molecule has 0 amide bonds. The van der Waals surface area contributed by atoms with E-state index in [2.05, 4.69) is 4.74 Å². The first kappa shape index (κ1) is 12.2. The van der Waals surface area contributed by atoms with Crippen LogP contribution in [0.2, 0.25) is 0 Å². The average Bonchev–Trinajstić information content (AvgIpc) is 2.29. The summed E-state index contributed by atoms with van der Waals surface area (Å²) in [4.78, 5) is 22.1. The van der Waals surface area contributed by atoms with Gasteiger partial charge in [-0.05, 0) is 5.56 Å². The van der Waals surface area contributed by atoms with Crippen LogP contribution < -0.4 is 0 Å². The number of aliphatic carboxylic acids is 1. The van der Waals surface area contributed by atoms with Crippen LogP contribution in [0, 0.1) is 0 Å². The average molecular weight is 224 g/mol. The first-order chi connectivity index (χ1) is 7.50. The van der Waals surface area contributed by atoms with E-state index in [0.29, 0.717) is 0 Å². The molecule has 0 bridgehead atoms. The zero-order chi connectivity index (χ0) is 12.2. The highest BCUT2D eigenvalue weighted by Gasteiger charge is 2.40. The number of benzene rings is 1. The first-order valence-electron chi connectivity index (χ1n) is 4.59. The summed E-state index contributed by atoms with van der Waals surface area (Å²) in [5, 5.41) is 18.9. The van der Waals surface area contributed by atoms with Crippen LogP contribution in [0.5, 0.6) is 0 Å². The number of ether oxygens (including phenoxy) is 1. The zero-order valence-electron chi connectivity index (χ0n) is 8.71. The number of carbonyl (C=O) groups excluding carboxylic acids is 1. The molecule has 5 heteroatoms. The van der Waals surface area contributed by atoms with Crippen molar-refractivity contribution in [2.24, 2.45) is 0 Å². The number of hydrogen-bond acceptors (Lipinski definition) is 4. The smallest absolute Gasteiger partial charge is 0.341 e. The summed E-state index contributed by atoms with van der Waals surface area (Å²) in [7, 11) is 1.13. The zero-order valence-corrected chi connectivity index (χ0v) is 8.71. The maximum Gasteiger partial charge on any atom is 0.341 e. The molecular formula is C11H12O5. The summed E-state index contributed by atoms with van der Waals surface area (Å²) in [5.41, 5.74) is -2.10. The highest BCUT2D eigenvalue weighted by Crippen LogP contribution is 2.25. The Morgan fingerprint density at radius 1 is 1.31 bits per heavy atom. The second-order valence-corrected chi connectivity index (χ2v) is 3.28. The highest BCUT2D eigenvalue weighted by molar-refractivity contribution is 5.85. The summed E-state index contributed by atoms with van der Waals surface area (Å²) in [5.74, 6) is -2.27. The minimum Gasteiger partial charge on any atom is -0.479 e. The van der Waals surface area contributed by atoms with Gasteiger partial charge >= 0.3 is 11.9 Å². The fraction of sp³-hybridized carbons (Fsp3) is 0.273. The second kappa shape index (κ2) is 4.76. The topological polar surface area (TPSA) is 83.8 Å². The molecule has 0 saturated heterocycles. The van der Waals surface area contributed by atoms with Crippen LogP contribution in [0.4, 0.5) is 0 Å². The van der Waals surface area contributed by atoms with Gasteiger partial charge in [0.1, 0.15) is 0 Å². The predicted molar refractivity (Wildman–Crippen MR) is 54.6 cm³/mol. The van der Waals surface area contributed by atoms with E-state index in [4.69, 9.17) is 5.11 Å². The quantitative estimate of drug-likeness (QED) is 0.728. The van der Waals surface area contributed by atoms with Gasteiger partial charge in [-0.3, -0.25) is 4.79 Å². The summed E-state index contributed by atoms with van der Waals surface area (Å²) in [6.07, 6.45) is -0.622. The Bertz CT molecular complexity index is 387. The van der Waals surface area contributed by atoms with Gasteiger partial charge in [0.05, 0.1) is 13.5 Å². The van der Waals surface area contributed by atoms with Gasteiger partial charge in [-0.15, -0.1) is 0 Å². The van der Waals surface area contributed by atoms with Crippen molar-refractivity contribution in [1.29, 1.82) is 0 Å². The van der Waals surface area contributed by atoms with Crippen molar-refractivity contribution in [2.45, 2.75) is 12.0 Å². The standard InChI is InChI=1S/C11H12O5/c1-16-9(12)7-11(15,10(13)14)8-5-3-2-4-6-8/h2-6,15H,7H2,1H3,(H,13,14). The Labute approximate surface area is 92.3 Å². The second-order valence-electron chi connectivity index (χ2n) is 3.28. The first-order valence-corrected chi connectivity index (χ1v) is 4.59. The molecule has 0 aliphatic heterocycles. The Balaban J connectivity index is 3.07. The lowest BCUT2D eigenvalue weighted by atomic mass is 9.90. The molecule has 0 aliphatic carbocycles. The van der Waals surface area contributed by atoms with Crippen LogP contribution in [0.15, 0.2) is 30.3 Å². The van der Waals surface area contributed by atoms with Crippen LogP contribution in [-0.4, -0.2) is 29.3 Å². The number of hydrogen-bond donors (Lipinski definition) is 2. The monoisotopic (exact) mass is 224 g/mol. The summed E-state index contributed by atoms with van der Waals surface area (Å²) in [6, 6.07) is 7.74. The molecular weight excluding hydrogens is 212 g/mol. The lowest BCUT2D eigenvalue weighted by Gasteiger charge is -2.22. The largest absolute Gasteiger partial charge is 0.479 e. The van der Waals surface area contributed by atoms with E-state index >= 15 is 0 Å². The van der Waals surface area contributed by atoms with Crippen LogP contribution >= 0.6 is 0 Å². The van der Waals surface area contributed by atoms with Crippen LogP contribution in [0.1, 0.15) is 12.0 Å². The molecule has 16 heavy (non-hydrogen) atoms. The molecule has 1 rings (SSSR count). The minimum atomic E-state index is -2.24. The number of rotatable bonds is 4. The molecule has 1 aromatic carbocycles. The maximum absolute atomic E-state index is 11.1. The van der Waals surface area contributed by atoms with E-state index in [0.717, 1.165) is 7.11 Å². The molecule has 1 unspecified atom stereocenters. The van der Waals surface area contributed by atoms with E-state index in [1.165, 1.54) is 12.1 Å². The fourth-order valence-corrected chi connectivity index (χ4v) is 1.30. The van der Waals surface area contributed by atoms with Gasteiger partial charge in [-0.1, -0.05) is 30.3 Å². The van der Waals surface area contributed by atoms with Crippen molar-refractivity contribution in [3.63, 3.8) is 0 Å². The molecule has 0 fully saturated rings. The number of aliphatic hydroxyl groups is 1. The number of carboxylic acids is 1. The van der Waals surface area contributed by atoms with Crippen molar-refractivity contribution in [2.75, 3.05) is 7.11 Å². The third-order valence-electron chi connectivity index (χ3n) is 2.23. The summed E-state index contributed by atoms with van der Waals surface area (Å²) >= 11 is 0. The molecule has 1 atom stereocenters. The van der Waals surface area contributed by atoms with Gasteiger partial charge in [-0.2, -0.15) is 0 Å². The number of esters is 1. The molecule has 86 valence electrons. The minimum absolute atomic E-state index is 0.146. The molecule has 0 heterocycles. The molecule has 0 spiro atoms. The SMILES string of the molecule is COC(=O)CC(O)(C(=O)O)c1ccccc1. The number of carboxylic acid groups (broad SMARTS) is 1. The lowest BCUT2D eigenvalue weighted by molar-refractivity contribution is -0.167. The number of carbonyl (C=O) groups is 2. The highest BCUT2D eigenvalue weighted by atomic mass is 16.5. The van der Waals surface area contributed by atoms with Crippen LogP contribution in [0.3, 0.4) is 0 Å². The molecule has 2 N–H and O–H groups in total. The Kier molecular flexibility index (Phi) is 3.63. The number of methoxy groups -OCH3 is 1. The van der Waals surface area contributed by atoms with Gasteiger partial charge < -0.3 is 14.9 Å². The molecule has 1 aromatic rings. The van der Waals surface area contributed by atoms with E-state index in [1.807, 2.05) is 0 Å². The molecule has 0 aromatic heterocycles. The maximum atomic E-state index is 11.1. The molecule has 0 saturated carbocycles. The third kappa shape index (κ3) is 2.38. The Hall–Kier alpha value is -1.88. The Morgan fingerprint density at radius 3 is 2.31 bits per heavy atom. The van der Waals surface area contributed by atoms with Crippen LogP contribution in [-0.2, 0) is 19.9 Å². The molecule has 0 aliphatic rings. The van der Waals surface area contributed by atoms with Crippen LogP contribution in [0.25, 0.3) is 0 Å². The Morgan fingerprint density at radius 2 is 1.88 bits per heavy atom. The van der Waals surface area contributed by atoms with Gasteiger partial charge in [0.15, 0.2) is 5.60 Å². The van der Waals surface area contributed by atoms with E-state index in [-0.39, 0.29) is 5.56 Å². The van der Waals surface area contributed by atoms with Crippen molar-refractivity contribution in [3.05, 3.63) is 35.9 Å². The normalized spacial score (nSPS) is 13.9. The fourth-order valence-electron chi connectivity index (χ4n) is 1.30. The van der Waals surface area contributed by atoms with Crippen molar-refractivity contribution >= 4 is 11.9 Å². The predicted octanol–water partition coefficient (Wildman–Crippen LogP) is 0.522. The third-order valence-corrected chi connectivity index (χ3v) is 2.23. The van der Waals surface area contributed by atoms with Gasteiger partial charge in [-0.25, -0.2) is 4.79 Å². The molecule has 0 radical (unpaired) electrons. The summed E-state index contributed by atoms with van der Waals surface area (Å²) in [6.45, 7) is 0. The van der Waals surface area contributed by atoms with E-state index in [9.17, 15) is 14.7 Å². The van der Waals surface area contributed by atoms with E-state index in [1.54, 1.807) is 18.2 Å². The van der Waals surface area contributed by atoms with Gasteiger partial charge in [0.2, 0.25) is 0 Å². The lowest BCUT2D eigenvalue weighted by Crippen LogP contribution is -2.38. The van der Waals surface area contributed by atoms with Gasteiger partial charge in [0, 0.05) is 0 Å².